The fourth-order valence-corrected chi connectivity index (χ4v) is 4.51. The van der Waals surface area contributed by atoms with E-state index in [1.165, 1.54) is 18.7 Å². The van der Waals surface area contributed by atoms with Crippen molar-refractivity contribution in [1.82, 2.24) is 0 Å². The number of ketones is 1. The van der Waals surface area contributed by atoms with Crippen LogP contribution >= 0.6 is 24.0 Å². The minimum Gasteiger partial charge on any atom is -0.486 e. The monoisotopic (exact) mass is 507 g/mol. The Hall–Kier alpha value is -3.56. The van der Waals surface area contributed by atoms with Crippen LogP contribution in [0.4, 0.5) is 17.1 Å². The third-order valence-electron chi connectivity index (χ3n) is 5.13. The van der Waals surface area contributed by atoms with Crippen molar-refractivity contribution >= 4 is 57.8 Å². The van der Waals surface area contributed by atoms with E-state index in [9.17, 15) is 9.59 Å². The Morgan fingerprint density at radius 1 is 0.857 bits per heavy atom. The predicted octanol–water partition coefficient (Wildman–Crippen LogP) is 5.59. The van der Waals surface area contributed by atoms with Crippen LogP contribution in [0.15, 0.2) is 71.6 Å². The van der Waals surface area contributed by atoms with E-state index in [0.29, 0.717) is 41.1 Å². The summed E-state index contributed by atoms with van der Waals surface area (Å²) in [5, 5.41) is 9.28. The Bertz CT molecular complexity index is 1250. The molecule has 4 rings (SSSR count). The summed E-state index contributed by atoms with van der Waals surface area (Å²) in [6.07, 6.45) is 0. The Labute approximate surface area is 213 Å². The van der Waals surface area contributed by atoms with Crippen LogP contribution in [0.25, 0.3) is 0 Å². The lowest BCUT2D eigenvalue weighted by Crippen LogP contribution is -2.23. The van der Waals surface area contributed by atoms with Crippen LogP contribution in [-0.4, -0.2) is 35.3 Å². The summed E-state index contributed by atoms with van der Waals surface area (Å²) in [7, 11) is 0. The number of hydrogen-bond acceptors (Lipinski definition) is 6. The first-order valence-electron chi connectivity index (χ1n) is 11.0. The maximum absolute atomic E-state index is 12.7. The number of nitrogens with one attached hydrogen (secondary N) is 3. The number of carbonyl (C=O) groups is 2. The molecule has 0 bridgehead atoms. The SMILES string of the molecule is CC(=O)c1ccc(NC(=S)Nc2cccc(SC(C)C(=O)Nc3ccc4c(c3)OCCO4)c2)cc1. The lowest BCUT2D eigenvalue weighted by molar-refractivity contribution is -0.115. The molecule has 0 aromatic heterocycles. The Kier molecular flexibility index (Phi) is 7.89. The van der Waals surface area contributed by atoms with Gasteiger partial charge in [0, 0.05) is 33.6 Å². The molecule has 1 aliphatic heterocycles. The minimum atomic E-state index is -0.330. The van der Waals surface area contributed by atoms with Gasteiger partial charge in [-0.25, -0.2) is 0 Å². The molecule has 35 heavy (non-hydrogen) atoms. The maximum Gasteiger partial charge on any atom is 0.237 e. The van der Waals surface area contributed by atoms with Crippen LogP contribution < -0.4 is 25.4 Å². The Balaban J connectivity index is 1.32. The predicted molar refractivity (Wildman–Crippen MR) is 144 cm³/mol. The molecular weight excluding hydrogens is 482 g/mol. The second-order valence-corrected chi connectivity index (χ2v) is 9.67. The van der Waals surface area contributed by atoms with Gasteiger partial charge < -0.3 is 25.4 Å². The van der Waals surface area contributed by atoms with Crippen molar-refractivity contribution in [3.63, 3.8) is 0 Å². The molecule has 9 heteroatoms. The summed E-state index contributed by atoms with van der Waals surface area (Å²) in [6.45, 7) is 4.40. The van der Waals surface area contributed by atoms with Crippen LogP contribution in [0.3, 0.4) is 0 Å². The molecule has 0 aliphatic carbocycles. The highest BCUT2D eigenvalue weighted by molar-refractivity contribution is 8.00. The van der Waals surface area contributed by atoms with Gasteiger partial charge >= 0.3 is 0 Å². The van der Waals surface area contributed by atoms with Crippen molar-refractivity contribution in [2.45, 2.75) is 24.0 Å². The Morgan fingerprint density at radius 2 is 1.51 bits per heavy atom. The zero-order valence-corrected chi connectivity index (χ0v) is 20.9. The molecule has 1 unspecified atom stereocenters. The zero-order chi connectivity index (χ0) is 24.8. The van der Waals surface area contributed by atoms with Crippen LogP contribution in [-0.2, 0) is 4.79 Å². The number of Topliss-reactive ketones (excluding diaryl/α,β-unsaturated/α-hetero) is 1. The number of thioether (sulfide) groups is 1. The van der Waals surface area contributed by atoms with Gasteiger partial charge in [0.05, 0.1) is 5.25 Å². The molecule has 0 radical (unpaired) electrons. The van der Waals surface area contributed by atoms with Gasteiger partial charge in [-0.2, -0.15) is 0 Å². The highest BCUT2D eigenvalue weighted by atomic mass is 32.2. The van der Waals surface area contributed by atoms with Crippen molar-refractivity contribution in [2.75, 3.05) is 29.2 Å². The molecule has 0 fully saturated rings. The number of amides is 1. The molecule has 3 aromatic rings. The molecule has 1 atom stereocenters. The largest absolute Gasteiger partial charge is 0.486 e. The standard InChI is InChI=1S/C26H25N3O4S2/c1-16(30)18-6-8-19(9-7-18)28-26(34)29-20-4-3-5-22(14-20)35-17(2)25(31)27-21-10-11-23-24(15-21)33-13-12-32-23/h3-11,14-15,17H,12-13H2,1-2H3,(H,27,31)(H2,28,29,34). The highest BCUT2D eigenvalue weighted by Gasteiger charge is 2.17. The number of benzene rings is 3. The van der Waals surface area contributed by atoms with Gasteiger partial charge in [0.1, 0.15) is 13.2 Å². The fourth-order valence-electron chi connectivity index (χ4n) is 3.35. The fraction of sp³-hybridized carbons (Fsp3) is 0.192. The first-order valence-corrected chi connectivity index (χ1v) is 12.3. The van der Waals surface area contributed by atoms with Gasteiger partial charge in [-0.15, -0.1) is 11.8 Å². The first-order chi connectivity index (χ1) is 16.9. The van der Waals surface area contributed by atoms with E-state index < -0.39 is 0 Å². The molecule has 0 saturated carbocycles. The lowest BCUT2D eigenvalue weighted by Gasteiger charge is -2.19. The van der Waals surface area contributed by atoms with Crippen LogP contribution in [0.2, 0.25) is 0 Å². The zero-order valence-electron chi connectivity index (χ0n) is 19.3. The summed E-state index contributed by atoms with van der Waals surface area (Å²) in [5.41, 5.74) is 2.89. The van der Waals surface area contributed by atoms with E-state index in [0.717, 1.165) is 16.3 Å². The van der Waals surface area contributed by atoms with E-state index in [2.05, 4.69) is 16.0 Å². The molecule has 0 spiro atoms. The van der Waals surface area contributed by atoms with Crippen molar-refractivity contribution in [3.05, 3.63) is 72.3 Å². The van der Waals surface area contributed by atoms with Crippen LogP contribution in [0.1, 0.15) is 24.2 Å². The normalized spacial score (nSPS) is 12.9. The average Bonchev–Trinajstić information content (AvgIpc) is 2.84. The van der Waals surface area contributed by atoms with E-state index in [-0.39, 0.29) is 16.9 Å². The van der Waals surface area contributed by atoms with E-state index >= 15 is 0 Å². The first kappa shape index (κ1) is 24.6. The van der Waals surface area contributed by atoms with E-state index in [1.54, 1.807) is 42.5 Å². The smallest absolute Gasteiger partial charge is 0.237 e. The summed E-state index contributed by atoms with van der Waals surface area (Å²) in [4.78, 5) is 25.1. The van der Waals surface area contributed by atoms with Crippen LogP contribution in [0, 0.1) is 0 Å². The third-order valence-corrected chi connectivity index (χ3v) is 6.43. The number of rotatable bonds is 7. The summed E-state index contributed by atoms with van der Waals surface area (Å²) in [5.74, 6) is 1.21. The number of hydrogen-bond donors (Lipinski definition) is 3. The second-order valence-electron chi connectivity index (χ2n) is 7.85. The highest BCUT2D eigenvalue weighted by Crippen LogP contribution is 2.33. The van der Waals surface area contributed by atoms with Gasteiger partial charge in [0.25, 0.3) is 0 Å². The van der Waals surface area contributed by atoms with Gasteiger partial charge in [-0.05, 0) is 80.7 Å². The summed E-state index contributed by atoms with van der Waals surface area (Å²) >= 11 is 6.86. The quantitative estimate of drug-likeness (QED) is 0.217. The van der Waals surface area contributed by atoms with Gasteiger partial charge in [0.2, 0.25) is 5.91 Å². The summed E-state index contributed by atoms with van der Waals surface area (Å²) < 4.78 is 11.1. The average molecular weight is 508 g/mol. The number of anilines is 3. The molecule has 1 aliphatic rings. The topological polar surface area (TPSA) is 88.7 Å². The van der Waals surface area contributed by atoms with Crippen molar-refractivity contribution < 1.29 is 19.1 Å². The molecule has 180 valence electrons. The minimum absolute atomic E-state index is 0.0146. The molecule has 1 amide bonds. The third kappa shape index (κ3) is 6.74. The number of ether oxygens (including phenoxy) is 2. The molecule has 0 saturated heterocycles. The molecule has 1 heterocycles. The number of fused-ring (bicyclic) bond motifs is 1. The van der Waals surface area contributed by atoms with Gasteiger partial charge in [-0.1, -0.05) is 6.07 Å². The molecular formula is C26H25N3O4S2. The van der Waals surface area contributed by atoms with E-state index in [4.69, 9.17) is 21.7 Å². The summed E-state index contributed by atoms with van der Waals surface area (Å²) in [6, 6.07) is 20.2. The van der Waals surface area contributed by atoms with Gasteiger partial charge in [0.15, 0.2) is 22.4 Å². The number of carbonyl (C=O) groups excluding carboxylic acids is 2. The van der Waals surface area contributed by atoms with Gasteiger partial charge in [-0.3, -0.25) is 9.59 Å². The molecule has 3 N–H and O–H groups in total. The lowest BCUT2D eigenvalue weighted by atomic mass is 10.1. The van der Waals surface area contributed by atoms with Crippen molar-refractivity contribution in [3.8, 4) is 11.5 Å². The second kappa shape index (κ2) is 11.2. The van der Waals surface area contributed by atoms with E-state index in [1.807, 2.05) is 31.2 Å². The Morgan fingerprint density at radius 3 is 2.26 bits per heavy atom. The molecule has 3 aromatic carbocycles. The number of thiocarbonyl (C=S) groups is 1. The molecule has 7 nitrogen and oxygen atoms in total. The van der Waals surface area contributed by atoms with Crippen molar-refractivity contribution in [1.29, 1.82) is 0 Å². The van der Waals surface area contributed by atoms with Crippen molar-refractivity contribution in [2.24, 2.45) is 0 Å². The van der Waals surface area contributed by atoms with Crippen LogP contribution in [0.5, 0.6) is 11.5 Å². The maximum atomic E-state index is 12.7.